The van der Waals surface area contributed by atoms with Crippen LogP contribution in [0.1, 0.15) is 39.5 Å². The Morgan fingerprint density at radius 1 is 1.31 bits per heavy atom. The first-order chi connectivity index (χ1) is 14.1. The van der Waals surface area contributed by atoms with Crippen molar-refractivity contribution in [1.82, 2.24) is 19.9 Å². The molecule has 3 aromatic heterocycles. The van der Waals surface area contributed by atoms with E-state index in [9.17, 15) is 9.59 Å². The van der Waals surface area contributed by atoms with Crippen molar-refractivity contribution in [3.05, 3.63) is 62.6 Å². The zero-order valence-corrected chi connectivity index (χ0v) is 17.1. The number of benzene rings is 1. The van der Waals surface area contributed by atoms with E-state index in [2.05, 4.69) is 16.4 Å². The molecule has 2 N–H and O–H groups in total. The smallest absolute Gasteiger partial charge is 0.262 e. The van der Waals surface area contributed by atoms with Gasteiger partial charge in [-0.25, -0.2) is 4.98 Å². The maximum Gasteiger partial charge on any atom is 0.262 e. The van der Waals surface area contributed by atoms with Crippen LogP contribution in [0.4, 0.5) is 0 Å². The van der Waals surface area contributed by atoms with Crippen LogP contribution in [0.3, 0.4) is 0 Å². The van der Waals surface area contributed by atoms with Crippen LogP contribution < -0.4 is 10.9 Å². The molecule has 0 aliphatic carbocycles. The van der Waals surface area contributed by atoms with Crippen LogP contribution in [0.5, 0.6) is 0 Å². The molecule has 4 heterocycles. The van der Waals surface area contributed by atoms with Crippen LogP contribution in [-0.4, -0.2) is 27.0 Å². The fraction of sp³-hybridized carbons (Fsp3) is 0.318. The molecule has 0 unspecified atom stereocenters. The molecule has 0 bridgehead atoms. The van der Waals surface area contributed by atoms with E-state index in [1.807, 2.05) is 31.3 Å². The molecule has 0 radical (unpaired) electrons. The van der Waals surface area contributed by atoms with Crippen LogP contribution in [0.2, 0.25) is 0 Å². The minimum atomic E-state index is -0.132. The Hall–Kier alpha value is -2.93. The molecule has 29 heavy (non-hydrogen) atoms. The Kier molecular flexibility index (Phi) is 4.47. The van der Waals surface area contributed by atoms with Gasteiger partial charge in [0.25, 0.3) is 11.5 Å². The Labute approximate surface area is 171 Å². The fourth-order valence-electron chi connectivity index (χ4n) is 4.18. The van der Waals surface area contributed by atoms with E-state index in [4.69, 9.17) is 4.98 Å². The van der Waals surface area contributed by atoms with Crippen LogP contribution in [-0.2, 0) is 19.4 Å². The number of H-pyrrole nitrogens is 1. The Morgan fingerprint density at radius 2 is 2.17 bits per heavy atom. The predicted octanol–water partition coefficient (Wildman–Crippen LogP) is 3.56. The highest BCUT2D eigenvalue weighted by molar-refractivity contribution is 7.20. The minimum absolute atomic E-state index is 0.00343. The number of aromatic nitrogens is 3. The second-order valence-electron chi connectivity index (χ2n) is 7.54. The number of amides is 1. The number of aromatic amines is 1. The minimum Gasteiger partial charge on any atom is -0.361 e. The van der Waals surface area contributed by atoms with Crippen LogP contribution >= 0.6 is 11.3 Å². The average molecular weight is 407 g/mol. The van der Waals surface area contributed by atoms with Gasteiger partial charge in [0, 0.05) is 36.6 Å². The monoisotopic (exact) mass is 406 g/mol. The molecule has 5 rings (SSSR count). The van der Waals surface area contributed by atoms with E-state index in [1.165, 1.54) is 22.3 Å². The molecule has 1 aliphatic rings. The third-order valence-electron chi connectivity index (χ3n) is 5.72. The van der Waals surface area contributed by atoms with Crippen molar-refractivity contribution in [1.29, 1.82) is 0 Å². The van der Waals surface area contributed by atoms with E-state index in [0.717, 1.165) is 49.1 Å². The van der Waals surface area contributed by atoms with E-state index in [-0.39, 0.29) is 11.5 Å². The van der Waals surface area contributed by atoms with Crippen molar-refractivity contribution < 1.29 is 4.79 Å². The summed E-state index contributed by atoms with van der Waals surface area (Å²) >= 11 is 1.33. The second kappa shape index (κ2) is 7.15. The third kappa shape index (κ3) is 3.06. The summed E-state index contributed by atoms with van der Waals surface area (Å²) in [4.78, 5) is 35.0. The summed E-state index contributed by atoms with van der Waals surface area (Å²) in [5, 5.41) is 4.80. The lowest BCUT2D eigenvalue weighted by Gasteiger charge is -2.16. The molecule has 0 atom stereocenters. The van der Waals surface area contributed by atoms with E-state index < -0.39 is 0 Å². The number of nitrogens with zero attached hydrogens (tertiary/aromatic N) is 2. The highest BCUT2D eigenvalue weighted by atomic mass is 32.1. The molecule has 4 aromatic rings. The number of fused-ring (bicyclic) bond motifs is 3. The summed E-state index contributed by atoms with van der Waals surface area (Å²) in [6.45, 7) is 3.11. The molecule has 1 amide bonds. The number of nitrogens with one attached hydrogen (secondary N) is 2. The Bertz CT molecular complexity index is 1300. The van der Waals surface area contributed by atoms with E-state index in [0.29, 0.717) is 21.6 Å². The van der Waals surface area contributed by atoms with Gasteiger partial charge in [-0.3, -0.25) is 14.2 Å². The first kappa shape index (κ1) is 18.1. The fourth-order valence-corrected chi connectivity index (χ4v) is 5.29. The summed E-state index contributed by atoms with van der Waals surface area (Å²) < 4.78 is 1.78. The quantitative estimate of drug-likeness (QED) is 0.544. The van der Waals surface area contributed by atoms with Gasteiger partial charge in [0.05, 0.1) is 10.3 Å². The SMILES string of the molecule is Cc1c(C(=O)NCCc2c[nH]c3ccccc23)sc2nc3n(c(=O)c12)CCCC3. The molecule has 0 saturated carbocycles. The van der Waals surface area contributed by atoms with Crippen LogP contribution in [0.15, 0.2) is 35.3 Å². The predicted molar refractivity (Wildman–Crippen MR) is 116 cm³/mol. The average Bonchev–Trinajstić information content (AvgIpc) is 3.29. The number of carbonyl (C=O) groups excluding carboxylic acids is 1. The number of thiophene rings is 1. The Balaban J connectivity index is 1.37. The summed E-state index contributed by atoms with van der Waals surface area (Å²) in [7, 11) is 0. The molecule has 1 aliphatic heterocycles. The van der Waals surface area contributed by atoms with Gasteiger partial charge < -0.3 is 10.3 Å². The van der Waals surface area contributed by atoms with Crippen molar-refractivity contribution in [2.45, 2.75) is 39.2 Å². The van der Waals surface area contributed by atoms with Crippen LogP contribution in [0.25, 0.3) is 21.1 Å². The number of hydrogen-bond donors (Lipinski definition) is 2. The lowest BCUT2D eigenvalue weighted by molar-refractivity contribution is 0.0957. The summed E-state index contributed by atoms with van der Waals surface area (Å²) in [5.41, 5.74) is 3.02. The maximum atomic E-state index is 12.9. The standard InChI is InChI=1S/C22H22N4O2S/c1-13-18-21(25-17-8-4-5-11-26(17)22(18)28)29-19(13)20(27)23-10-9-14-12-24-16-7-3-2-6-15(14)16/h2-3,6-7,12,24H,4-5,8-11H2,1H3,(H,23,27). The van der Waals surface area contributed by atoms with Gasteiger partial charge in [-0.15, -0.1) is 11.3 Å². The maximum absolute atomic E-state index is 12.9. The van der Waals surface area contributed by atoms with Gasteiger partial charge in [-0.05, 0) is 43.4 Å². The lowest BCUT2D eigenvalue weighted by Crippen LogP contribution is -2.28. The first-order valence-electron chi connectivity index (χ1n) is 9.99. The normalized spacial score (nSPS) is 13.7. The highest BCUT2D eigenvalue weighted by Crippen LogP contribution is 2.28. The van der Waals surface area contributed by atoms with Gasteiger partial charge in [0.15, 0.2) is 0 Å². The number of para-hydroxylation sites is 1. The molecule has 0 saturated heterocycles. The zero-order chi connectivity index (χ0) is 20.0. The topological polar surface area (TPSA) is 79.8 Å². The van der Waals surface area contributed by atoms with Gasteiger partial charge in [-0.2, -0.15) is 0 Å². The molecular weight excluding hydrogens is 384 g/mol. The number of aryl methyl sites for hydroxylation is 2. The number of hydrogen-bond acceptors (Lipinski definition) is 4. The van der Waals surface area contributed by atoms with Crippen molar-refractivity contribution in [3.8, 4) is 0 Å². The molecule has 0 spiro atoms. The van der Waals surface area contributed by atoms with E-state index >= 15 is 0 Å². The van der Waals surface area contributed by atoms with Gasteiger partial charge in [-0.1, -0.05) is 18.2 Å². The first-order valence-corrected chi connectivity index (χ1v) is 10.8. The molecule has 7 heteroatoms. The number of rotatable bonds is 4. The molecule has 0 fully saturated rings. The van der Waals surface area contributed by atoms with E-state index in [1.54, 1.807) is 4.57 Å². The van der Waals surface area contributed by atoms with Gasteiger partial charge >= 0.3 is 0 Å². The van der Waals surface area contributed by atoms with Crippen molar-refractivity contribution in [2.24, 2.45) is 0 Å². The van der Waals surface area contributed by atoms with Gasteiger partial charge in [0.2, 0.25) is 0 Å². The lowest BCUT2D eigenvalue weighted by atomic mass is 10.1. The second-order valence-corrected chi connectivity index (χ2v) is 8.54. The summed E-state index contributed by atoms with van der Waals surface area (Å²) in [6, 6.07) is 8.15. The largest absolute Gasteiger partial charge is 0.361 e. The van der Waals surface area contributed by atoms with Crippen molar-refractivity contribution in [2.75, 3.05) is 6.54 Å². The molecule has 1 aromatic carbocycles. The van der Waals surface area contributed by atoms with Gasteiger partial charge in [0.1, 0.15) is 10.7 Å². The van der Waals surface area contributed by atoms with Crippen molar-refractivity contribution >= 4 is 38.4 Å². The summed E-state index contributed by atoms with van der Waals surface area (Å²) in [5.74, 6) is 0.717. The molecular formula is C22H22N4O2S. The third-order valence-corrected chi connectivity index (χ3v) is 6.91. The van der Waals surface area contributed by atoms with Crippen molar-refractivity contribution in [3.63, 3.8) is 0 Å². The molecule has 148 valence electrons. The molecule has 6 nitrogen and oxygen atoms in total. The zero-order valence-electron chi connectivity index (χ0n) is 16.2. The van der Waals surface area contributed by atoms with Crippen LogP contribution in [0, 0.1) is 6.92 Å². The Morgan fingerprint density at radius 3 is 3.07 bits per heavy atom. The highest BCUT2D eigenvalue weighted by Gasteiger charge is 2.22. The number of carbonyl (C=O) groups is 1. The summed E-state index contributed by atoms with van der Waals surface area (Å²) in [6.07, 6.45) is 5.63.